The molecule has 1 heterocycles. The van der Waals surface area contributed by atoms with E-state index < -0.39 is 0 Å². The summed E-state index contributed by atoms with van der Waals surface area (Å²) in [6.07, 6.45) is 0. The molecule has 0 aliphatic carbocycles. The smallest absolute Gasteiger partial charge is 0.0341 e. The summed E-state index contributed by atoms with van der Waals surface area (Å²) in [5, 5.41) is 0. The Kier molecular flexibility index (Phi) is 14.6. The van der Waals surface area contributed by atoms with Crippen LogP contribution in [0.15, 0.2) is 0 Å². The Morgan fingerprint density at radius 3 is 2.15 bits per heavy atom. The minimum Gasteiger partial charge on any atom is -0.0901 e. The number of rotatable bonds is 2. The molecule has 1 aliphatic rings. The van der Waals surface area contributed by atoms with Crippen molar-refractivity contribution >= 4 is 74.6 Å². The van der Waals surface area contributed by atoms with Crippen LogP contribution in [-0.4, -0.2) is 42.9 Å². The van der Waals surface area contributed by atoms with Crippen LogP contribution < -0.4 is 0 Å². The van der Waals surface area contributed by atoms with Crippen LogP contribution in [0.25, 0.3) is 0 Å². The first kappa shape index (κ1) is 15.3. The maximum atomic E-state index is 6.20. The quantitative estimate of drug-likeness (QED) is 0.299. The van der Waals surface area contributed by atoms with Gasteiger partial charge in [0.15, 0.2) is 0 Å². The largest absolute Gasteiger partial charge is 0.0901 e. The van der Waals surface area contributed by atoms with Gasteiger partial charge in [-0.15, -0.1) is 0 Å². The molecule has 0 aromatic carbocycles. The molecule has 0 radical (unpaired) electrons. The molecular weight excluding hydrogens is 398 g/mol. The molecule has 13 heavy (non-hydrogen) atoms. The molecule has 0 nitrogen and oxygen atoms in total. The summed E-state index contributed by atoms with van der Waals surface area (Å²) in [6, 6.07) is 0. The maximum absolute atomic E-state index is 6.20. The molecule has 1 fully saturated rings. The first-order chi connectivity index (χ1) is 6.28. The molecule has 0 aromatic heterocycles. The van der Waals surface area contributed by atoms with Crippen molar-refractivity contribution in [2.24, 2.45) is 0 Å². The van der Waals surface area contributed by atoms with Gasteiger partial charge in [0.05, 0.1) is 0 Å². The normalized spacial score (nSPS) is 27.8. The summed E-state index contributed by atoms with van der Waals surface area (Å²) in [6.45, 7) is 0. The monoisotopic (exact) mass is 419 g/mol. The van der Waals surface area contributed by atoms with Crippen molar-refractivity contribution in [2.75, 3.05) is 27.9 Å². The Bertz CT molecular complexity index is 111. The molecule has 0 spiro atoms. The molecule has 0 bridgehead atoms. The summed E-state index contributed by atoms with van der Waals surface area (Å²) in [4.78, 5) is 2.29. The molecule has 0 aromatic rings. The van der Waals surface area contributed by atoms with Crippen molar-refractivity contribution in [3.05, 3.63) is 0 Å². The molecule has 2 unspecified atom stereocenters. The third-order valence-corrected chi connectivity index (χ3v) is 8.63. The van der Waals surface area contributed by atoms with Gasteiger partial charge in [-0.1, -0.05) is 30.0 Å². The summed E-state index contributed by atoms with van der Waals surface area (Å²) < 4.78 is 6.20. The fourth-order valence-corrected chi connectivity index (χ4v) is 7.13. The predicted octanol–water partition coefficient (Wildman–Crippen LogP) is 3.56. The van der Waals surface area contributed by atoms with Gasteiger partial charge in [-0.25, -0.2) is 0 Å². The Balaban J connectivity index is 0. The fraction of sp³-hybridized carbons (Fsp3) is 1.00. The summed E-state index contributed by atoms with van der Waals surface area (Å²) in [7, 11) is 0. The predicted molar refractivity (Wildman–Crippen MR) is 85.0 cm³/mol. The van der Waals surface area contributed by atoms with E-state index in [2.05, 4.69) is 37.0 Å². The van der Waals surface area contributed by atoms with E-state index in [1.807, 2.05) is 22.6 Å². The SMILES string of the molecule is C.SCC1CSCC(CS)[Se]1.[2H]CI. The first-order valence-corrected chi connectivity index (χ1v) is 9.50. The number of thiol groups is 2. The van der Waals surface area contributed by atoms with Crippen molar-refractivity contribution in [1.82, 2.24) is 0 Å². The van der Waals surface area contributed by atoms with Crippen molar-refractivity contribution in [3.8, 4) is 0 Å². The number of hydrogen-bond donors (Lipinski definition) is 2. The summed E-state index contributed by atoms with van der Waals surface area (Å²) in [5.74, 6) is 4.84. The molecule has 0 N–H and O–H groups in total. The Morgan fingerprint density at radius 2 is 1.85 bits per heavy atom. The molecule has 0 saturated carbocycles. The fourth-order valence-electron chi connectivity index (χ4n) is 0.873. The topological polar surface area (TPSA) is 0 Å². The van der Waals surface area contributed by atoms with Gasteiger partial charge in [-0.05, 0) is 4.91 Å². The molecular formula is C8H19IS3Se. The number of halogens is 1. The standard InChI is InChI=1S/C6H12S3Se.CH3I.CH4/c7-1-5-3-9-4-6(2-8)10-5;1-2;/h5-8H,1-4H2;1H3;1H4/i;1D;. The second kappa shape index (κ2) is 12.4. The van der Waals surface area contributed by atoms with Crippen LogP contribution in [-0.2, 0) is 0 Å². The van der Waals surface area contributed by atoms with Gasteiger partial charge in [0.25, 0.3) is 0 Å². The minimum absolute atomic E-state index is 0. The van der Waals surface area contributed by atoms with E-state index in [0.717, 1.165) is 36.1 Å². The summed E-state index contributed by atoms with van der Waals surface area (Å²) >= 11 is 13.5. The van der Waals surface area contributed by atoms with Crippen LogP contribution >= 0.6 is 59.6 Å². The van der Waals surface area contributed by atoms with Crippen LogP contribution in [0, 0.1) is 0 Å². The molecule has 2 atom stereocenters. The third kappa shape index (κ3) is 8.14. The van der Waals surface area contributed by atoms with Crippen molar-refractivity contribution in [1.29, 1.82) is 0 Å². The van der Waals surface area contributed by atoms with E-state index in [9.17, 15) is 0 Å². The molecule has 5 heteroatoms. The number of thioether (sulfide) groups is 1. The van der Waals surface area contributed by atoms with Gasteiger partial charge in [0, 0.05) is 1.37 Å². The van der Waals surface area contributed by atoms with Crippen LogP contribution in [0.2, 0.25) is 9.63 Å². The average Bonchev–Trinajstić information content (AvgIpc) is 2.19. The van der Waals surface area contributed by atoms with Gasteiger partial charge >= 0.3 is 84.6 Å². The zero-order chi connectivity index (χ0) is 10.1. The second-order valence-electron chi connectivity index (χ2n) is 2.28. The summed E-state index contributed by atoms with van der Waals surface area (Å²) in [5.41, 5.74) is 0. The Hall–Kier alpha value is 2.30. The van der Waals surface area contributed by atoms with Gasteiger partial charge in [-0.2, -0.15) is 0 Å². The zero-order valence-corrected chi connectivity index (χ0v) is 13.3. The van der Waals surface area contributed by atoms with Crippen molar-refractivity contribution < 1.29 is 1.37 Å². The van der Waals surface area contributed by atoms with E-state index in [1.165, 1.54) is 11.5 Å². The second-order valence-corrected chi connectivity index (χ2v) is 7.46. The first-order valence-electron chi connectivity index (χ1n) is 4.29. The maximum Gasteiger partial charge on any atom is 0.0341 e. The minimum atomic E-state index is 0. The number of alkyl halides is 1. The van der Waals surface area contributed by atoms with Gasteiger partial charge < -0.3 is 0 Å². The molecule has 1 saturated heterocycles. The van der Waals surface area contributed by atoms with Crippen LogP contribution in [0.4, 0.5) is 0 Å². The van der Waals surface area contributed by atoms with Crippen molar-refractivity contribution in [3.63, 3.8) is 0 Å². The van der Waals surface area contributed by atoms with Crippen LogP contribution in [0.3, 0.4) is 0 Å². The van der Waals surface area contributed by atoms with Crippen LogP contribution in [0.5, 0.6) is 0 Å². The van der Waals surface area contributed by atoms with E-state index in [0.29, 0.717) is 4.91 Å². The van der Waals surface area contributed by atoms with E-state index >= 15 is 0 Å². The van der Waals surface area contributed by atoms with Crippen molar-refractivity contribution in [2.45, 2.75) is 17.1 Å². The average molecular weight is 418 g/mol. The Morgan fingerprint density at radius 1 is 1.46 bits per heavy atom. The Labute approximate surface area is 120 Å². The van der Waals surface area contributed by atoms with E-state index in [4.69, 9.17) is 1.37 Å². The molecule has 1 aliphatic heterocycles. The number of hydrogen-bond acceptors (Lipinski definition) is 3. The van der Waals surface area contributed by atoms with Crippen LogP contribution in [0.1, 0.15) is 8.80 Å². The molecule has 82 valence electrons. The van der Waals surface area contributed by atoms with Gasteiger partial charge in [0.1, 0.15) is 0 Å². The third-order valence-electron chi connectivity index (χ3n) is 1.40. The zero-order valence-electron chi connectivity index (χ0n) is 7.78. The van der Waals surface area contributed by atoms with E-state index in [1.54, 1.807) is 0 Å². The molecule has 1 rings (SSSR count). The van der Waals surface area contributed by atoms with E-state index in [-0.39, 0.29) is 7.43 Å². The molecule has 0 amide bonds. The van der Waals surface area contributed by atoms with Gasteiger partial charge in [-0.3, -0.25) is 0 Å². The van der Waals surface area contributed by atoms with Gasteiger partial charge in [0.2, 0.25) is 0 Å².